The summed E-state index contributed by atoms with van der Waals surface area (Å²) < 4.78 is 0. The molecule has 0 aromatic carbocycles. The molecule has 0 aromatic heterocycles. The fourth-order valence-corrected chi connectivity index (χ4v) is 2.00. The van der Waals surface area contributed by atoms with Crippen molar-refractivity contribution in [3.63, 3.8) is 0 Å². The van der Waals surface area contributed by atoms with Crippen LogP contribution in [-0.4, -0.2) is 17.8 Å². The number of rotatable bonds is 4. The normalized spacial score (nSPS) is 24.1. The van der Waals surface area contributed by atoms with Crippen LogP contribution in [0.15, 0.2) is 23.3 Å². The highest BCUT2D eigenvalue weighted by atomic mass is 16.3. The SMILES string of the molecule is CCC1=CC(C(N)CO)=CCC1CC. The zero-order valence-corrected chi connectivity index (χ0v) is 9.16. The maximum Gasteiger partial charge on any atom is 0.0624 e. The molecule has 80 valence electrons. The first-order valence-corrected chi connectivity index (χ1v) is 5.49. The second kappa shape index (κ2) is 5.32. The van der Waals surface area contributed by atoms with Crippen molar-refractivity contribution >= 4 is 0 Å². The highest BCUT2D eigenvalue weighted by molar-refractivity contribution is 5.33. The molecule has 2 heteroatoms. The minimum Gasteiger partial charge on any atom is -0.394 e. The van der Waals surface area contributed by atoms with Gasteiger partial charge in [-0.05, 0) is 30.8 Å². The van der Waals surface area contributed by atoms with E-state index in [-0.39, 0.29) is 12.6 Å². The van der Waals surface area contributed by atoms with Crippen molar-refractivity contribution in [2.24, 2.45) is 11.7 Å². The molecule has 0 heterocycles. The molecule has 0 aromatic rings. The molecule has 0 radical (unpaired) electrons. The van der Waals surface area contributed by atoms with Crippen molar-refractivity contribution in [1.82, 2.24) is 0 Å². The first kappa shape index (κ1) is 11.5. The zero-order chi connectivity index (χ0) is 10.6. The molecule has 1 rings (SSSR count). The second-order valence-electron chi connectivity index (χ2n) is 3.91. The van der Waals surface area contributed by atoms with Crippen LogP contribution < -0.4 is 5.73 Å². The van der Waals surface area contributed by atoms with Crippen LogP contribution in [0, 0.1) is 5.92 Å². The molecule has 1 aliphatic rings. The van der Waals surface area contributed by atoms with Gasteiger partial charge in [-0.3, -0.25) is 0 Å². The minimum atomic E-state index is -0.200. The molecular formula is C12H21NO. The van der Waals surface area contributed by atoms with Crippen LogP contribution in [-0.2, 0) is 0 Å². The third-order valence-corrected chi connectivity index (χ3v) is 3.04. The van der Waals surface area contributed by atoms with Gasteiger partial charge in [-0.25, -0.2) is 0 Å². The van der Waals surface area contributed by atoms with Crippen LogP contribution >= 0.6 is 0 Å². The van der Waals surface area contributed by atoms with E-state index in [0.29, 0.717) is 5.92 Å². The Morgan fingerprint density at radius 2 is 2.29 bits per heavy atom. The van der Waals surface area contributed by atoms with Gasteiger partial charge in [0.1, 0.15) is 0 Å². The zero-order valence-electron chi connectivity index (χ0n) is 9.16. The molecule has 0 aliphatic heterocycles. The fourth-order valence-electron chi connectivity index (χ4n) is 2.00. The molecule has 0 saturated carbocycles. The van der Waals surface area contributed by atoms with Crippen LogP contribution in [0.25, 0.3) is 0 Å². The van der Waals surface area contributed by atoms with Crippen molar-refractivity contribution in [3.05, 3.63) is 23.3 Å². The molecule has 0 fully saturated rings. The molecule has 3 N–H and O–H groups in total. The third-order valence-electron chi connectivity index (χ3n) is 3.04. The van der Waals surface area contributed by atoms with Crippen LogP contribution in [0.2, 0.25) is 0 Å². The number of aliphatic hydroxyl groups is 1. The molecule has 1 aliphatic carbocycles. The van der Waals surface area contributed by atoms with Gasteiger partial charge in [-0.15, -0.1) is 0 Å². The standard InChI is InChI=1S/C12H21NO/c1-3-9-5-6-11(12(13)8-14)7-10(9)4-2/h6-7,9,12,14H,3-5,8,13H2,1-2H3. The maximum absolute atomic E-state index is 8.97. The summed E-state index contributed by atoms with van der Waals surface area (Å²) in [6.07, 6.45) is 7.72. The summed E-state index contributed by atoms with van der Waals surface area (Å²) in [4.78, 5) is 0. The van der Waals surface area contributed by atoms with E-state index in [1.54, 1.807) is 0 Å². The van der Waals surface area contributed by atoms with Gasteiger partial charge in [0.2, 0.25) is 0 Å². The van der Waals surface area contributed by atoms with E-state index in [2.05, 4.69) is 26.0 Å². The largest absolute Gasteiger partial charge is 0.394 e. The molecule has 2 atom stereocenters. The van der Waals surface area contributed by atoms with Crippen molar-refractivity contribution in [3.8, 4) is 0 Å². The van der Waals surface area contributed by atoms with Crippen LogP contribution in [0.5, 0.6) is 0 Å². The molecular weight excluding hydrogens is 174 g/mol. The van der Waals surface area contributed by atoms with E-state index in [1.165, 1.54) is 12.0 Å². The summed E-state index contributed by atoms with van der Waals surface area (Å²) >= 11 is 0. The van der Waals surface area contributed by atoms with Crippen molar-refractivity contribution in [2.75, 3.05) is 6.61 Å². The lowest BCUT2D eigenvalue weighted by atomic mass is 9.84. The molecule has 0 bridgehead atoms. The lowest BCUT2D eigenvalue weighted by molar-refractivity contribution is 0.280. The second-order valence-corrected chi connectivity index (χ2v) is 3.91. The Labute approximate surface area is 86.5 Å². The fraction of sp³-hybridized carbons (Fsp3) is 0.667. The topological polar surface area (TPSA) is 46.2 Å². The monoisotopic (exact) mass is 195 g/mol. The number of aliphatic hydroxyl groups excluding tert-OH is 1. The minimum absolute atomic E-state index is 0.0378. The maximum atomic E-state index is 8.97. The van der Waals surface area contributed by atoms with Crippen molar-refractivity contribution in [1.29, 1.82) is 0 Å². The van der Waals surface area contributed by atoms with E-state index in [0.717, 1.165) is 18.4 Å². The van der Waals surface area contributed by atoms with E-state index in [9.17, 15) is 0 Å². The lowest BCUT2D eigenvalue weighted by Crippen LogP contribution is -2.27. The summed E-state index contributed by atoms with van der Waals surface area (Å²) in [5.74, 6) is 0.689. The Morgan fingerprint density at radius 1 is 1.57 bits per heavy atom. The van der Waals surface area contributed by atoms with Gasteiger partial charge in [0.05, 0.1) is 12.6 Å². The van der Waals surface area contributed by atoms with E-state index in [1.807, 2.05) is 0 Å². The summed E-state index contributed by atoms with van der Waals surface area (Å²) in [6, 6.07) is -0.200. The summed E-state index contributed by atoms with van der Waals surface area (Å²) in [5.41, 5.74) is 8.37. The lowest BCUT2D eigenvalue weighted by Gasteiger charge is -2.24. The van der Waals surface area contributed by atoms with E-state index >= 15 is 0 Å². The van der Waals surface area contributed by atoms with Crippen LogP contribution in [0.3, 0.4) is 0 Å². The number of hydrogen-bond donors (Lipinski definition) is 2. The van der Waals surface area contributed by atoms with Gasteiger partial charge in [0.25, 0.3) is 0 Å². The van der Waals surface area contributed by atoms with Gasteiger partial charge >= 0.3 is 0 Å². The van der Waals surface area contributed by atoms with Crippen LogP contribution in [0.4, 0.5) is 0 Å². The van der Waals surface area contributed by atoms with Gasteiger partial charge < -0.3 is 10.8 Å². The average molecular weight is 195 g/mol. The summed E-state index contributed by atoms with van der Waals surface area (Å²) in [6.45, 7) is 4.44. The van der Waals surface area contributed by atoms with Crippen molar-refractivity contribution in [2.45, 2.75) is 39.2 Å². The quantitative estimate of drug-likeness (QED) is 0.720. The number of allylic oxidation sites excluding steroid dienone is 2. The molecule has 14 heavy (non-hydrogen) atoms. The van der Waals surface area contributed by atoms with Gasteiger partial charge in [0, 0.05) is 0 Å². The van der Waals surface area contributed by atoms with Crippen molar-refractivity contribution < 1.29 is 5.11 Å². The molecule has 2 unspecified atom stereocenters. The Balaban J connectivity index is 2.75. The average Bonchev–Trinajstić information content (AvgIpc) is 2.26. The Morgan fingerprint density at radius 3 is 2.79 bits per heavy atom. The number of hydrogen-bond acceptors (Lipinski definition) is 2. The highest BCUT2D eigenvalue weighted by Crippen LogP contribution is 2.29. The van der Waals surface area contributed by atoms with Crippen LogP contribution in [0.1, 0.15) is 33.1 Å². The first-order chi connectivity index (χ1) is 6.72. The van der Waals surface area contributed by atoms with Gasteiger partial charge in [-0.1, -0.05) is 31.6 Å². The third kappa shape index (κ3) is 2.46. The van der Waals surface area contributed by atoms with Gasteiger partial charge in [0.15, 0.2) is 0 Å². The summed E-state index contributed by atoms with van der Waals surface area (Å²) in [5, 5.41) is 8.97. The predicted octanol–water partition coefficient (Wildman–Crippen LogP) is 2.00. The first-order valence-electron chi connectivity index (χ1n) is 5.49. The smallest absolute Gasteiger partial charge is 0.0624 e. The van der Waals surface area contributed by atoms with Gasteiger partial charge in [-0.2, -0.15) is 0 Å². The molecule has 0 amide bonds. The molecule has 2 nitrogen and oxygen atoms in total. The molecule has 0 saturated heterocycles. The summed E-state index contributed by atoms with van der Waals surface area (Å²) in [7, 11) is 0. The highest BCUT2D eigenvalue weighted by Gasteiger charge is 2.17. The van der Waals surface area contributed by atoms with E-state index < -0.39 is 0 Å². The Bertz CT molecular complexity index is 243. The van der Waals surface area contributed by atoms with E-state index in [4.69, 9.17) is 10.8 Å². The molecule has 0 spiro atoms. The number of nitrogens with two attached hydrogens (primary N) is 1. The Hall–Kier alpha value is -0.600. The predicted molar refractivity (Wildman–Crippen MR) is 59.9 cm³/mol. The Kier molecular flexibility index (Phi) is 4.36.